The second-order valence-corrected chi connectivity index (χ2v) is 8.21. The van der Waals surface area contributed by atoms with Gasteiger partial charge in [-0.25, -0.2) is 13.2 Å². The third-order valence-corrected chi connectivity index (χ3v) is 6.11. The molecule has 0 bridgehead atoms. The molecule has 0 atom stereocenters. The van der Waals surface area contributed by atoms with Crippen LogP contribution >= 0.6 is 0 Å². The lowest BCUT2D eigenvalue weighted by molar-refractivity contribution is 0.254. The Bertz CT molecular complexity index is 1040. The average molecular weight is 402 g/mol. The van der Waals surface area contributed by atoms with Gasteiger partial charge in [-0.2, -0.15) is 4.31 Å². The van der Waals surface area contributed by atoms with E-state index in [1.54, 1.807) is 24.3 Å². The summed E-state index contributed by atoms with van der Waals surface area (Å²) in [5.41, 5.74) is 1.57. The molecule has 1 aliphatic heterocycles. The number of methoxy groups -OCH3 is 2. The van der Waals surface area contributed by atoms with Crippen molar-refractivity contribution in [1.29, 1.82) is 0 Å². The maximum atomic E-state index is 13.2. The second-order valence-electron chi connectivity index (χ2n) is 6.45. The molecule has 148 valence electrons. The van der Waals surface area contributed by atoms with Crippen LogP contribution in [-0.4, -0.2) is 35.2 Å². The second kappa shape index (κ2) is 7.55. The molecular formula is C20H22N2O5S. The van der Waals surface area contributed by atoms with E-state index in [0.29, 0.717) is 17.2 Å². The first-order valence-electron chi connectivity index (χ1n) is 8.62. The third kappa shape index (κ3) is 3.31. The van der Waals surface area contributed by atoms with Gasteiger partial charge in [0.1, 0.15) is 4.90 Å². The number of fused-ring (bicyclic) bond motifs is 1. The van der Waals surface area contributed by atoms with Gasteiger partial charge in [0.15, 0.2) is 11.5 Å². The molecule has 0 radical (unpaired) electrons. The Hall–Kier alpha value is -3.00. The van der Waals surface area contributed by atoms with Crippen LogP contribution in [0.25, 0.3) is 0 Å². The summed E-state index contributed by atoms with van der Waals surface area (Å²) < 4.78 is 37.8. The van der Waals surface area contributed by atoms with Crippen molar-refractivity contribution in [3.8, 4) is 11.5 Å². The maximum Gasteiger partial charge on any atom is 0.343 e. The Morgan fingerprint density at radius 1 is 1.04 bits per heavy atom. The van der Waals surface area contributed by atoms with Gasteiger partial charge in [-0.3, -0.25) is 4.90 Å². The van der Waals surface area contributed by atoms with Crippen LogP contribution < -0.4 is 18.7 Å². The minimum absolute atomic E-state index is 0.0755. The summed E-state index contributed by atoms with van der Waals surface area (Å²) in [6, 6.07) is 10.4. The van der Waals surface area contributed by atoms with Crippen molar-refractivity contribution in [1.82, 2.24) is 0 Å². The molecule has 0 fully saturated rings. The molecule has 0 aliphatic carbocycles. The number of allylic oxidation sites excluding steroid dienone is 1. The molecule has 1 aliphatic rings. The number of nitrogens with zero attached hydrogens (tertiary/aromatic N) is 2. The monoisotopic (exact) mass is 402 g/mol. The van der Waals surface area contributed by atoms with Crippen molar-refractivity contribution >= 4 is 27.4 Å². The zero-order valence-corrected chi connectivity index (χ0v) is 17.0. The Balaban J connectivity index is 2.19. The normalized spacial score (nSPS) is 15.1. The predicted molar refractivity (Wildman–Crippen MR) is 108 cm³/mol. The molecule has 0 aromatic heterocycles. The van der Waals surface area contributed by atoms with E-state index in [1.165, 1.54) is 37.3 Å². The molecule has 0 unspecified atom stereocenters. The van der Waals surface area contributed by atoms with E-state index in [9.17, 15) is 13.2 Å². The highest BCUT2D eigenvalue weighted by atomic mass is 32.2. The lowest BCUT2D eigenvalue weighted by Gasteiger charge is -2.36. The number of benzene rings is 2. The molecule has 8 heteroatoms. The third-order valence-electron chi connectivity index (χ3n) is 4.36. The minimum Gasteiger partial charge on any atom is -0.493 e. The van der Waals surface area contributed by atoms with Crippen LogP contribution in [0.1, 0.15) is 13.8 Å². The number of carbonyl (C=O) groups excluding carboxylic acids is 1. The highest BCUT2D eigenvalue weighted by molar-refractivity contribution is 7.94. The molecule has 0 saturated heterocycles. The van der Waals surface area contributed by atoms with E-state index in [-0.39, 0.29) is 17.1 Å². The summed E-state index contributed by atoms with van der Waals surface area (Å²) in [4.78, 5) is 14.8. The molecule has 2 aromatic carbocycles. The van der Waals surface area contributed by atoms with Crippen LogP contribution in [0, 0.1) is 0 Å². The quantitative estimate of drug-likeness (QED) is 0.711. The summed E-state index contributed by atoms with van der Waals surface area (Å²) in [6.07, 6.45) is 1.87. The largest absolute Gasteiger partial charge is 0.493 e. The topological polar surface area (TPSA) is 76.2 Å². The summed E-state index contributed by atoms with van der Waals surface area (Å²) in [5, 5.41) is 0. The number of para-hydroxylation sites is 1. The van der Waals surface area contributed by atoms with E-state index < -0.39 is 16.1 Å². The highest BCUT2D eigenvalue weighted by Crippen LogP contribution is 2.39. The number of sulfonamides is 1. The van der Waals surface area contributed by atoms with Gasteiger partial charge < -0.3 is 9.47 Å². The SMILES string of the molecule is COc1ccc(N2C(=O)N(CC=C(C)C)c3ccccc3S2(=O)=O)cc1OC. The molecule has 0 saturated carbocycles. The molecule has 7 nitrogen and oxygen atoms in total. The number of urea groups is 1. The lowest BCUT2D eigenvalue weighted by Crippen LogP contribution is -2.51. The van der Waals surface area contributed by atoms with Crippen molar-refractivity contribution in [2.75, 3.05) is 30.0 Å². The number of hydrogen-bond donors (Lipinski definition) is 0. The van der Waals surface area contributed by atoms with E-state index >= 15 is 0 Å². The number of carbonyl (C=O) groups is 1. The predicted octanol–water partition coefficient (Wildman–Crippen LogP) is 3.81. The van der Waals surface area contributed by atoms with Crippen molar-refractivity contribution in [2.45, 2.75) is 18.7 Å². The van der Waals surface area contributed by atoms with Crippen LogP contribution in [0.15, 0.2) is 59.0 Å². The zero-order chi connectivity index (χ0) is 20.5. The van der Waals surface area contributed by atoms with Crippen LogP contribution in [0.2, 0.25) is 0 Å². The molecule has 3 rings (SSSR count). The van der Waals surface area contributed by atoms with Crippen LogP contribution in [0.5, 0.6) is 11.5 Å². The highest BCUT2D eigenvalue weighted by Gasteiger charge is 2.42. The Morgan fingerprint density at radius 3 is 2.36 bits per heavy atom. The molecular weight excluding hydrogens is 380 g/mol. The number of hydrogen-bond acceptors (Lipinski definition) is 5. The smallest absolute Gasteiger partial charge is 0.343 e. The Kier molecular flexibility index (Phi) is 5.33. The molecule has 1 heterocycles. The summed E-state index contributed by atoms with van der Waals surface area (Å²) in [5.74, 6) is 0.771. The summed E-state index contributed by atoms with van der Waals surface area (Å²) >= 11 is 0. The van der Waals surface area contributed by atoms with Crippen LogP contribution in [0.3, 0.4) is 0 Å². The number of amides is 2. The van der Waals surface area contributed by atoms with Gasteiger partial charge >= 0.3 is 6.03 Å². The van der Waals surface area contributed by atoms with Gasteiger partial charge in [-0.15, -0.1) is 0 Å². The number of ether oxygens (including phenoxy) is 2. The molecule has 0 N–H and O–H groups in total. The fraction of sp³-hybridized carbons (Fsp3) is 0.250. The van der Waals surface area contributed by atoms with Gasteiger partial charge in [-0.1, -0.05) is 23.8 Å². The summed E-state index contributed by atoms with van der Waals surface area (Å²) in [6.45, 7) is 4.10. The van der Waals surface area contributed by atoms with E-state index in [1.807, 2.05) is 19.9 Å². The first-order valence-corrected chi connectivity index (χ1v) is 10.1. The van der Waals surface area contributed by atoms with Gasteiger partial charge in [0.25, 0.3) is 10.0 Å². The molecule has 2 amide bonds. The van der Waals surface area contributed by atoms with Gasteiger partial charge in [0.2, 0.25) is 0 Å². The zero-order valence-electron chi connectivity index (χ0n) is 16.2. The Morgan fingerprint density at radius 2 is 1.71 bits per heavy atom. The van der Waals surface area contributed by atoms with E-state index in [4.69, 9.17) is 9.47 Å². The first kappa shape index (κ1) is 19.8. The van der Waals surface area contributed by atoms with Crippen molar-refractivity contribution < 1.29 is 22.7 Å². The fourth-order valence-corrected chi connectivity index (χ4v) is 4.55. The van der Waals surface area contributed by atoms with Crippen molar-refractivity contribution in [3.05, 3.63) is 54.1 Å². The van der Waals surface area contributed by atoms with E-state index in [2.05, 4.69) is 0 Å². The van der Waals surface area contributed by atoms with Gasteiger partial charge in [0.05, 0.1) is 25.6 Å². The number of rotatable bonds is 5. The number of anilines is 2. The molecule has 0 spiro atoms. The maximum absolute atomic E-state index is 13.2. The van der Waals surface area contributed by atoms with Crippen molar-refractivity contribution in [2.24, 2.45) is 0 Å². The lowest BCUT2D eigenvalue weighted by atomic mass is 10.2. The molecule has 2 aromatic rings. The van der Waals surface area contributed by atoms with Crippen LogP contribution in [0.4, 0.5) is 16.2 Å². The summed E-state index contributed by atoms with van der Waals surface area (Å²) in [7, 11) is -1.14. The van der Waals surface area contributed by atoms with Crippen molar-refractivity contribution in [3.63, 3.8) is 0 Å². The van der Waals surface area contributed by atoms with E-state index in [0.717, 1.165) is 9.88 Å². The first-order chi connectivity index (χ1) is 13.3. The van der Waals surface area contributed by atoms with Crippen LogP contribution in [-0.2, 0) is 10.0 Å². The fourth-order valence-electron chi connectivity index (χ4n) is 2.96. The van der Waals surface area contributed by atoms with Gasteiger partial charge in [0, 0.05) is 12.6 Å². The standard InChI is InChI=1S/C20H22N2O5S/c1-14(2)11-12-21-16-7-5-6-8-19(16)28(24,25)22(20(21)23)15-9-10-17(26-3)18(13-15)27-4/h5-11,13H,12H2,1-4H3. The molecule has 28 heavy (non-hydrogen) atoms. The Labute approximate surface area is 164 Å². The minimum atomic E-state index is -4.08. The average Bonchev–Trinajstić information content (AvgIpc) is 2.67. The van der Waals surface area contributed by atoms with Gasteiger partial charge in [-0.05, 0) is 38.1 Å².